The van der Waals surface area contributed by atoms with Crippen LogP contribution in [0.1, 0.15) is 10.4 Å². The Hall–Kier alpha value is -2.76. The quantitative estimate of drug-likeness (QED) is 0.849. The minimum Gasteiger partial charge on any atom is -0.495 e. The third kappa shape index (κ3) is 3.22. The molecule has 0 atom stereocenters. The predicted octanol–water partition coefficient (Wildman–Crippen LogP) is 2.68. The first-order valence-electron chi connectivity index (χ1n) is 6.13. The smallest absolute Gasteiger partial charge is 0.255 e. The summed E-state index contributed by atoms with van der Waals surface area (Å²) < 4.78 is 23.4. The number of hydrogen-bond donors (Lipinski definition) is 2. The van der Waals surface area contributed by atoms with Crippen molar-refractivity contribution in [2.45, 2.75) is 0 Å². The second-order valence-electron chi connectivity index (χ2n) is 4.26. The predicted molar refractivity (Wildman–Crippen MR) is 78.3 cm³/mol. The third-order valence-electron chi connectivity index (χ3n) is 2.91. The molecule has 0 saturated carbocycles. The van der Waals surface area contributed by atoms with Crippen LogP contribution in [0.5, 0.6) is 11.5 Å². The van der Waals surface area contributed by atoms with Crippen LogP contribution in [0, 0.1) is 5.82 Å². The van der Waals surface area contributed by atoms with Gasteiger partial charge in [0.2, 0.25) is 0 Å². The van der Waals surface area contributed by atoms with E-state index in [-0.39, 0.29) is 5.75 Å². The molecule has 0 heterocycles. The van der Waals surface area contributed by atoms with Crippen LogP contribution >= 0.6 is 0 Å². The van der Waals surface area contributed by atoms with E-state index in [1.165, 1.54) is 32.4 Å². The number of nitrogen functional groups attached to an aromatic ring is 1. The molecule has 110 valence electrons. The Morgan fingerprint density at radius 1 is 1.10 bits per heavy atom. The molecule has 0 saturated heterocycles. The lowest BCUT2D eigenvalue weighted by atomic mass is 10.1. The Morgan fingerprint density at radius 3 is 2.43 bits per heavy atom. The number of carbonyl (C=O) groups excluding carboxylic acids is 1. The maximum absolute atomic E-state index is 13.6. The van der Waals surface area contributed by atoms with Crippen LogP contribution in [0.25, 0.3) is 0 Å². The number of rotatable bonds is 4. The lowest BCUT2D eigenvalue weighted by molar-refractivity contribution is 0.102. The number of nitrogens with two attached hydrogens (primary N) is 1. The van der Waals surface area contributed by atoms with Crippen LogP contribution in [0.15, 0.2) is 36.4 Å². The van der Waals surface area contributed by atoms with Gasteiger partial charge >= 0.3 is 0 Å². The summed E-state index contributed by atoms with van der Waals surface area (Å²) in [4.78, 5) is 12.1. The van der Waals surface area contributed by atoms with E-state index < -0.39 is 11.7 Å². The molecule has 0 spiro atoms. The van der Waals surface area contributed by atoms with E-state index in [1.54, 1.807) is 18.2 Å². The third-order valence-corrected chi connectivity index (χ3v) is 2.91. The molecule has 2 aromatic rings. The molecule has 21 heavy (non-hydrogen) atoms. The minimum absolute atomic E-state index is 0.113. The molecule has 0 aromatic heterocycles. The lowest BCUT2D eigenvalue weighted by Crippen LogP contribution is -2.12. The number of hydrogen-bond acceptors (Lipinski definition) is 4. The largest absolute Gasteiger partial charge is 0.495 e. The number of methoxy groups -OCH3 is 2. The highest BCUT2D eigenvalue weighted by atomic mass is 19.1. The molecule has 3 N–H and O–H groups in total. The van der Waals surface area contributed by atoms with Gasteiger partial charge in [-0.05, 0) is 30.3 Å². The van der Waals surface area contributed by atoms with Crippen LogP contribution in [0.3, 0.4) is 0 Å². The van der Waals surface area contributed by atoms with Gasteiger partial charge in [0.1, 0.15) is 5.75 Å². The highest BCUT2D eigenvalue weighted by Crippen LogP contribution is 2.24. The van der Waals surface area contributed by atoms with E-state index in [0.717, 1.165) is 0 Å². The molecule has 6 heteroatoms. The van der Waals surface area contributed by atoms with Gasteiger partial charge in [-0.15, -0.1) is 0 Å². The van der Waals surface area contributed by atoms with E-state index in [4.69, 9.17) is 15.2 Å². The van der Waals surface area contributed by atoms with Gasteiger partial charge in [0.05, 0.1) is 19.9 Å². The van der Waals surface area contributed by atoms with Gasteiger partial charge in [0.25, 0.3) is 5.91 Å². The second kappa shape index (κ2) is 6.13. The first-order valence-corrected chi connectivity index (χ1v) is 6.13. The van der Waals surface area contributed by atoms with Gasteiger partial charge in [-0.3, -0.25) is 4.79 Å². The van der Waals surface area contributed by atoms with Crippen molar-refractivity contribution in [3.05, 3.63) is 47.8 Å². The molecule has 1 amide bonds. The number of nitrogens with one attached hydrogen (secondary N) is 1. The van der Waals surface area contributed by atoms with Crippen molar-refractivity contribution in [3.63, 3.8) is 0 Å². The summed E-state index contributed by atoms with van der Waals surface area (Å²) in [6.07, 6.45) is 0. The summed E-state index contributed by atoms with van der Waals surface area (Å²) in [7, 11) is 2.84. The highest BCUT2D eigenvalue weighted by Gasteiger charge is 2.11. The summed E-state index contributed by atoms with van der Waals surface area (Å²) in [6.45, 7) is 0. The number of anilines is 2. The zero-order valence-corrected chi connectivity index (χ0v) is 11.6. The topological polar surface area (TPSA) is 73.6 Å². The van der Waals surface area contributed by atoms with Gasteiger partial charge in [0, 0.05) is 17.3 Å². The summed E-state index contributed by atoms with van der Waals surface area (Å²) in [5.41, 5.74) is 6.81. The molecule has 0 aliphatic heterocycles. The summed E-state index contributed by atoms with van der Waals surface area (Å²) in [5.74, 6) is -0.422. The molecule has 0 aliphatic rings. The van der Waals surface area contributed by atoms with Gasteiger partial charge in [-0.1, -0.05) is 0 Å². The fraction of sp³-hybridized carbons (Fsp3) is 0.133. The van der Waals surface area contributed by atoms with E-state index >= 15 is 0 Å². The van der Waals surface area contributed by atoms with Gasteiger partial charge in [-0.25, -0.2) is 4.39 Å². The number of benzene rings is 2. The van der Waals surface area contributed by atoms with Gasteiger partial charge in [-0.2, -0.15) is 0 Å². The van der Waals surface area contributed by atoms with Gasteiger partial charge < -0.3 is 20.5 Å². The molecule has 0 aliphatic carbocycles. The van der Waals surface area contributed by atoms with Crippen LogP contribution in [-0.4, -0.2) is 20.1 Å². The fourth-order valence-electron chi connectivity index (χ4n) is 1.80. The maximum atomic E-state index is 13.6. The zero-order chi connectivity index (χ0) is 15.4. The van der Waals surface area contributed by atoms with E-state index in [1.807, 2.05) is 0 Å². The van der Waals surface area contributed by atoms with Crippen molar-refractivity contribution in [1.82, 2.24) is 0 Å². The summed E-state index contributed by atoms with van der Waals surface area (Å²) in [5, 5.41) is 2.59. The standard InChI is InChI=1S/C15H15FN2O3/c1-20-13-6-4-10(8-11(13)16)18-15(19)9-3-5-12(17)14(7-9)21-2/h3-8H,17H2,1-2H3,(H,18,19). The van der Waals surface area contributed by atoms with Crippen molar-refractivity contribution in [2.75, 3.05) is 25.3 Å². The first-order chi connectivity index (χ1) is 10.0. The molecular weight excluding hydrogens is 275 g/mol. The van der Waals surface area contributed by atoms with Crippen LogP contribution in [-0.2, 0) is 0 Å². The van der Waals surface area contributed by atoms with Crippen molar-refractivity contribution in [3.8, 4) is 11.5 Å². The summed E-state index contributed by atoms with van der Waals surface area (Å²) in [6, 6.07) is 8.83. The van der Waals surface area contributed by atoms with Crippen LogP contribution in [0.2, 0.25) is 0 Å². The van der Waals surface area contributed by atoms with E-state index in [0.29, 0.717) is 22.7 Å². The number of ether oxygens (including phenoxy) is 2. The Labute approximate surface area is 121 Å². The molecule has 2 rings (SSSR count). The molecule has 5 nitrogen and oxygen atoms in total. The van der Waals surface area contributed by atoms with E-state index in [2.05, 4.69) is 5.32 Å². The lowest BCUT2D eigenvalue weighted by Gasteiger charge is -2.09. The van der Waals surface area contributed by atoms with E-state index in [9.17, 15) is 9.18 Å². The van der Waals surface area contributed by atoms with Crippen LogP contribution in [0.4, 0.5) is 15.8 Å². The maximum Gasteiger partial charge on any atom is 0.255 e. The Bertz CT molecular complexity index is 674. The molecular formula is C15H15FN2O3. The second-order valence-corrected chi connectivity index (χ2v) is 4.26. The number of halogens is 1. The average molecular weight is 290 g/mol. The monoisotopic (exact) mass is 290 g/mol. The van der Waals surface area contributed by atoms with Crippen molar-refractivity contribution < 1.29 is 18.7 Å². The summed E-state index contributed by atoms with van der Waals surface area (Å²) >= 11 is 0. The SMILES string of the molecule is COc1cc(C(=O)Nc2ccc(OC)c(F)c2)ccc1N. The Morgan fingerprint density at radius 2 is 1.81 bits per heavy atom. The number of amides is 1. The van der Waals surface area contributed by atoms with Crippen LogP contribution < -0.4 is 20.5 Å². The zero-order valence-electron chi connectivity index (χ0n) is 11.6. The Balaban J connectivity index is 2.19. The van der Waals surface area contributed by atoms with Crippen molar-refractivity contribution in [2.24, 2.45) is 0 Å². The van der Waals surface area contributed by atoms with Crippen molar-refractivity contribution >= 4 is 17.3 Å². The fourth-order valence-corrected chi connectivity index (χ4v) is 1.80. The van der Waals surface area contributed by atoms with Crippen molar-refractivity contribution in [1.29, 1.82) is 0 Å². The Kier molecular flexibility index (Phi) is 4.27. The van der Waals surface area contributed by atoms with Gasteiger partial charge in [0.15, 0.2) is 11.6 Å². The highest BCUT2D eigenvalue weighted by molar-refractivity contribution is 6.04. The average Bonchev–Trinajstić information content (AvgIpc) is 2.48. The molecule has 0 radical (unpaired) electrons. The molecule has 0 bridgehead atoms. The molecule has 0 unspecified atom stereocenters. The number of carbonyl (C=O) groups is 1. The normalized spacial score (nSPS) is 10.0. The minimum atomic E-state index is -0.551. The molecule has 2 aromatic carbocycles. The first kappa shape index (κ1) is 14.6. The molecule has 0 fully saturated rings.